The van der Waals surface area contributed by atoms with Crippen molar-refractivity contribution in [2.45, 2.75) is 6.92 Å². The van der Waals surface area contributed by atoms with Crippen molar-refractivity contribution in [3.8, 4) is 11.5 Å². The lowest BCUT2D eigenvalue weighted by molar-refractivity contribution is 0.159. The van der Waals surface area contributed by atoms with Crippen LogP contribution in [0.1, 0.15) is 12.5 Å². The Bertz CT molecular complexity index is 552. The third kappa shape index (κ3) is 4.10. The molecule has 0 saturated heterocycles. The van der Waals surface area contributed by atoms with E-state index in [4.69, 9.17) is 9.57 Å². The maximum Gasteiger partial charge on any atom is 0.127 e. The summed E-state index contributed by atoms with van der Waals surface area (Å²) in [4.78, 5) is 5.09. The average Bonchev–Trinajstić information content (AvgIpc) is 2.50. The topological polar surface area (TPSA) is 30.8 Å². The van der Waals surface area contributed by atoms with E-state index in [9.17, 15) is 0 Å². The quantitative estimate of drug-likeness (QED) is 0.439. The Hall–Kier alpha value is -1.81. The van der Waals surface area contributed by atoms with E-state index in [-0.39, 0.29) is 0 Å². The molecule has 0 heterocycles. The Morgan fingerprint density at radius 1 is 1.00 bits per heavy atom. The molecule has 0 spiro atoms. The van der Waals surface area contributed by atoms with Gasteiger partial charge < -0.3 is 9.57 Å². The molecular formula is C16H16BrNO2. The van der Waals surface area contributed by atoms with Crippen molar-refractivity contribution < 1.29 is 9.57 Å². The molecule has 0 fully saturated rings. The van der Waals surface area contributed by atoms with Crippen molar-refractivity contribution in [2.24, 2.45) is 5.16 Å². The summed E-state index contributed by atoms with van der Waals surface area (Å²) in [5.41, 5.74) is 1.87. The highest BCUT2D eigenvalue weighted by Gasteiger charge is 2.04. The number of benzene rings is 2. The van der Waals surface area contributed by atoms with Crippen LogP contribution >= 0.6 is 15.9 Å². The minimum absolute atomic E-state index is 0.561. The predicted molar refractivity (Wildman–Crippen MR) is 84.9 cm³/mol. The van der Waals surface area contributed by atoms with Crippen LogP contribution in [0.2, 0.25) is 0 Å². The van der Waals surface area contributed by atoms with Gasteiger partial charge in [0, 0.05) is 10.9 Å². The molecule has 0 bridgehead atoms. The zero-order valence-electron chi connectivity index (χ0n) is 11.3. The van der Waals surface area contributed by atoms with Gasteiger partial charge in [0.15, 0.2) is 0 Å². The first-order chi connectivity index (χ1) is 9.83. The summed E-state index contributed by atoms with van der Waals surface area (Å²) in [5.74, 6) is 1.62. The standard InChI is InChI=1S/C16H16BrNO2/c1-2-19-18-16(12-17)13-8-10-15(11-9-13)20-14-6-4-3-5-7-14/h3-11H,2,12H2,1H3/b18-16+. The van der Waals surface area contributed by atoms with E-state index in [1.165, 1.54) is 0 Å². The van der Waals surface area contributed by atoms with Crippen LogP contribution in [0.4, 0.5) is 0 Å². The lowest BCUT2D eigenvalue weighted by Gasteiger charge is -2.07. The summed E-state index contributed by atoms with van der Waals surface area (Å²) >= 11 is 3.41. The van der Waals surface area contributed by atoms with E-state index >= 15 is 0 Å². The van der Waals surface area contributed by atoms with Crippen LogP contribution in [0.5, 0.6) is 11.5 Å². The predicted octanol–water partition coefficient (Wildman–Crippen LogP) is 4.61. The van der Waals surface area contributed by atoms with E-state index in [1.807, 2.05) is 61.5 Å². The van der Waals surface area contributed by atoms with Crippen molar-refractivity contribution in [1.82, 2.24) is 0 Å². The summed E-state index contributed by atoms with van der Waals surface area (Å²) < 4.78 is 5.75. The first-order valence-electron chi connectivity index (χ1n) is 6.41. The number of hydrogen-bond acceptors (Lipinski definition) is 3. The Balaban J connectivity index is 2.09. The minimum atomic E-state index is 0.561. The second-order valence-corrected chi connectivity index (χ2v) is 4.59. The fourth-order valence-corrected chi connectivity index (χ4v) is 2.06. The van der Waals surface area contributed by atoms with E-state index < -0.39 is 0 Å². The molecule has 0 atom stereocenters. The molecule has 0 aliphatic heterocycles. The molecule has 2 aromatic rings. The zero-order chi connectivity index (χ0) is 14.2. The van der Waals surface area contributed by atoms with Gasteiger partial charge in [-0.05, 0) is 43.3 Å². The van der Waals surface area contributed by atoms with Crippen LogP contribution in [-0.2, 0) is 4.84 Å². The molecule has 0 aromatic heterocycles. The number of halogens is 1. The normalized spacial score (nSPS) is 11.2. The van der Waals surface area contributed by atoms with E-state index in [2.05, 4.69) is 21.1 Å². The second kappa shape index (κ2) is 7.70. The van der Waals surface area contributed by atoms with Crippen LogP contribution in [0.25, 0.3) is 0 Å². The fourth-order valence-electron chi connectivity index (χ4n) is 1.64. The fraction of sp³-hybridized carbons (Fsp3) is 0.188. The first-order valence-corrected chi connectivity index (χ1v) is 7.53. The van der Waals surface area contributed by atoms with Gasteiger partial charge in [-0.2, -0.15) is 0 Å². The van der Waals surface area contributed by atoms with Crippen molar-refractivity contribution in [2.75, 3.05) is 11.9 Å². The summed E-state index contributed by atoms with van der Waals surface area (Å²) in [6, 6.07) is 17.5. The number of nitrogens with zero attached hydrogens (tertiary/aromatic N) is 1. The SMILES string of the molecule is CCO/N=C(\CBr)c1ccc(Oc2ccccc2)cc1. The third-order valence-corrected chi connectivity index (χ3v) is 3.13. The smallest absolute Gasteiger partial charge is 0.127 e. The number of oxime groups is 1. The maximum atomic E-state index is 5.75. The van der Waals surface area contributed by atoms with E-state index in [0.717, 1.165) is 22.8 Å². The van der Waals surface area contributed by atoms with Gasteiger partial charge in [-0.25, -0.2) is 0 Å². The van der Waals surface area contributed by atoms with Gasteiger partial charge in [-0.15, -0.1) is 0 Å². The minimum Gasteiger partial charge on any atom is -0.457 e. The molecule has 2 aromatic carbocycles. The average molecular weight is 334 g/mol. The number of rotatable bonds is 6. The largest absolute Gasteiger partial charge is 0.457 e. The molecule has 0 aliphatic rings. The van der Waals surface area contributed by atoms with Gasteiger partial charge in [-0.1, -0.05) is 39.3 Å². The van der Waals surface area contributed by atoms with Gasteiger partial charge in [0.1, 0.15) is 18.1 Å². The molecule has 0 radical (unpaired) electrons. The number of alkyl halides is 1. The van der Waals surface area contributed by atoms with Crippen molar-refractivity contribution in [3.63, 3.8) is 0 Å². The van der Waals surface area contributed by atoms with Crippen molar-refractivity contribution >= 4 is 21.6 Å². The van der Waals surface area contributed by atoms with Gasteiger partial charge >= 0.3 is 0 Å². The zero-order valence-corrected chi connectivity index (χ0v) is 12.8. The summed E-state index contributed by atoms with van der Waals surface area (Å²) in [6.07, 6.45) is 0. The molecule has 104 valence electrons. The Labute approximate surface area is 127 Å². The Morgan fingerprint density at radius 3 is 2.25 bits per heavy atom. The van der Waals surface area contributed by atoms with Crippen LogP contribution in [0.3, 0.4) is 0 Å². The van der Waals surface area contributed by atoms with Crippen molar-refractivity contribution in [3.05, 3.63) is 60.2 Å². The van der Waals surface area contributed by atoms with Gasteiger partial charge in [0.05, 0.1) is 5.71 Å². The second-order valence-electron chi connectivity index (χ2n) is 4.03. The highest BCUT2D eigenvalue weighted by Crippen LogP contribution is 2.21. The molecule has 0 aliphatic carbocycles. The molecule has 0 saturated carbocycles. The van der Waals surface area contributed by atoms with Gasteiger partial charge in [0.25, 0.3) is 0 Å². The molecule has 0 unspecified atom stereocenters. The number of ether oxygens (including phenoxy) is 1. The summed E-state index contributed by atoms with van der Waals surface area (Å²) in [7, 11) is 0. The Kier molecular flexibility index (Phi) is 5.62. The number of hydrogen-bond donors (Lipinski definition) is 0. The Morgan fingerprint density at radius 2 is 1.65 bits per heavy atom. The van der Waals surface area contributed by atoms with E-state index in [0.29, 0.717) is 11.9 Å². The monoisotopic (exact) mass is 333 g/mol. The molecular weight excluding hydrogens is 318 g/mol. The van der Waals surface area contributed by atoms with Gasteiger partial charge in [-0.3, -0.25) is 0 Å². The molecule has 2 rings (SSSR count). The van der Waals surface area contributed by atoms with Crippen LogP contribution < -0.4 is 4.74 Å². The lowest BCUT2D eigenvalue weighted by Crippen LogP contribution is -2.03. The first kappa shape index (κ1) is 14.6. The number of para-hydroxylation sites is 1. The summed E-state index contributed by atoms with van der Waals surface area (Å²) in [6.45, 7) is 2.47. The van der Waals surface area contributed by atoms with Gasteiger partial charge in [0.2, 0.25) is 0 Å². The maximum absolute atomic E-state index is 5.75. The summed E-state index contributed by atoms with van der Waals surface area (Å²) in [5, 5.41) is 4.72. The molecule has 20 heavy (non-hydrogen) atoms. The molecule has 0 amide bonds. The highest BCUT2D eigenvalue weighted by atomic mass is 79.9. The third-order valence-electron chi connectivity index (χ3n) is 2.60. The van der Waals surface area contributed by atoms with Crippen LogP contribution in [0.15, 0.2) is 59.8 Å². The molecule has 3 nitrogen and oxygen atoms in total. The van der Waals surface area contributed by atoms with Crippen molar-refractivity contribution in [1.29, 1.82) is 0 Å². The highest BCUT2D eigenvalue weighted by molar-refractivity contribution is 9.09. The van der Waals surface area contributed by atoms with E-state index in [1.54, 1.807) is 0 Å². The van der Waals surface area contributed by atoms with Crippen LogP contribution in [-0.4, -0.2) is 17.6 Å². The molecule has 4 heteroatoms. The van der Waals surface area contributed by atoms with Crippen LogP contribution in [0, 0.1) is 0 Å². The molecule has 0 N–H and O–H groups in total. The lowest BCUT2D eigenvalue weighted by atomic mass is 10.1.